The predicted octanol–water partition coefficient (Wildman–Crippen LogP) is 3.51. The van der Waals surface area contributed by atoms with Gasteiger partial charge < -0.3 is 14.4 Å². The van der Waals surface area contributed by atoms with E-state index < -0.39 is 15.9 Å². The van der Waals surface area contributed by atoms with E-state index in [1.54, 1.807) is 6.07 Å². The summed E-state index contributed by atoms with van der Waals surface area (Å²) in [5, 5.41) is 0.971. The molecule has 2 aromatic rings. The number of carbonyl (C=O) groups is 1. The van der Waals surface area contributed by atoms with Crippen LogP contribution in [0.15, 0.2) is 35.2 Å². The number of benzene rings is 2. The zero-order valence-electron chi connectivity index (χ0n) is 18.5. The van der Waals surface area contributed by atoms with Crippen LogP contribution in [0.2, 0.25) is 10.0 Å². The maximum atomic E-state index is 12.7. The monoisotopic (exact) mass is 525 g/mol. The number of ether oxygens (including phenoxy) is 2. The number of amides is 1. The molecule has 2 aromatic carbocycles. The average molecular weight is 526 g/mol. The first-order valence-electron chi connectivity index (χ1n) is 11.3. The van der Waals surface area contributed by atoms with Gasteiger partial charge in [-0.15, -0.1) is 0 Å². The molecule has 0 N–H and O–H groups in total. The third kappa shape index (κ3) is 4.42. The molecule has 3 heterocycles. The predicted molar refractivity (Wildman–Crippen MR) is 130 cm³/mol. The Kier molecular flexibility index (Phi) is 6.54. The highest BCUT2D eigenvalue weighted by atomic mass is 35.5. The van der Waals surface area contributed by atoms with E-state index in [4.69, 9.17) is 32.7 Å². The number of halogens is 2. The summed E-state index contributed by atoms with van der Waals surface area (Å²) in [6.07, 6.45) is 1.39. The summed E-state index contributed by atoms with van der Waals surface area (Å²) in [7, 11) is -3.79. The number of fused-ring (bicyclic) bond motifs is 2. The Labute approximate surface area is 209 Å². The van der Waals surface area contributed by atoms with Crippen LogP contribution < -0.4 is 14.4 Å². The lowest BCUT2D eigenvalue weighted by molar-refractivity contribution is 0.0868. The van der Waals surface area contributed by atoms with Crippen molar-refractivity contribution in [3.8, 4) is 11.5 Å². The van der Waals surface area contributed by atoms with Crippen LogP contribution in [0.4, 0.5) is 5.69 Å². The highest BCUT2D eigenvalue weighted by Gasteiger charge is 2.40. The molecule has 0 radical (unpaired) electrons. The van der Waals surface area contributed by atoms with Gasteiger partial charge in [0.15, 0.2) is 11.5 Å². The van der Waals surface area contributed by atoms with Crippen LogP contribution >= 0.6 is 23.2 Å². The van der Waals surface area contributed by atoms with Gasteiger partial charge in [0.25, 0.3) is 15.9 Å². The van der Waals surface area contributed by atoms with Crippen molar-refractivity contribution in [2.24, 2.45) is 0 Å². The maximum absolute atomic E-state index is 12.7. The van der Waals surface area contributed by atoms with Crippen LogP contribution in [-0.4, -0.2) is 76.0 Å². The molecule has 3 aliphatic heterocycles. The molecule has 0 bridgehead atoms. The fourth-order valence-electron chi connectivity index (χ4n) is 4.62. The lowest BCUT2D eigenvalue weighted by Gasteiger charge is -2.37. The molecule has 0 saturated carbocycles. The number of unbranched alkanes of at least 4 members (excludes halogenated alkanes) is 1. The van der Waals surface area contributed by atoms with Crippen molar-refractivity contribution in [3.63, 3.8) is 0 Å². The molecular formula is C23H25Cl2N3O5S. The zero-order chi connectivity index (χ0) is 23.9. The molecule has 0 aromatic heterocycles. The summed E-state index contributed by atoms with van der Waals surface area (Å²) in [6, 6.07) is 8.02. The van der Waals surface area contributed by atoms with Crippen LogP contribution in [0.25, 0.3) is 0 Å². The second-order valence-corrected chi connectivity index (χ2v) is 11.2. The Hall–Kier alpha value is -2.20. The van der Waals surface area contributed by atoms with Gasteiger partial charge in [0.05, 0.1) is 11.3 Å². The summed E-state index contributed by atoms with van der Waals surface area (Å²) < 4.78 is 37.9. The van der Waals surface area contributed by atoms with E-state index in [1.165, 1.54) is 18.2 Å². The first kappa shape index (κ1) is 23.5. The SMILES string of the molecule is O=C1c2cc(Cl)ccc2S(=O)(=O)N1CCCCN1CCN(c2cc(Cl)cc3c2OCCO3)CC1. The van der Waals surface area contributed by atoms with Crippen molar-refractivity contribution in [1.29, 1.82) is 0 Å². The molecule has 11 heteroatoms. The lowest BCUT2D eigenvalue weighted by Crippen LogP contribution is -2.47. The molecule has 0 aliphatic carbocycles. The summed E-state index contributed by atoms with van der Waals surface area (Å²) in [6.45, 7) is 5.43. The Morgan fingerprint density at radius 3 is 2.41 bits per heavy atom. The van der Waals surface area contributed by atoms with E-state index in [2.05, 4.69) is 9.80 Å². The Bertz CT molecular complexity index is 1220. The van der Waals surface area contributed by atoms with Gasteiger partial charge >= 0.3 is 0 Å². The zero-order valence-corrected chi connectivity index (χ0v) is 20.8. The van der Waals surface area contributed by atoms with E-state index in [1.807, 2.05) is 6.07 Å². The van der Waals surface area contributed by atoms with E-state index in [9.17, 15) is 13.2 Å². The van der Waals surface area contributed by atoms with Crippen LogP contribution in [0.5, 0.6) is 11.5 Å². The van der Waals surface area contributed by atoms with Crippen molar-refractivity contribution in [2.75, 3.05) is 57.4 Å². The molecule has 182 valence electrons. The van der Waals surface area contributed by atoms with Gasteiger partial charge in [-0.05, 0) is 43.7 Å². The fraction of sp³-hybridized carbons (Fsp3) is 0.435. The van der Waals surface area contributed by atoms with Gasteiger partial charge in [-0.1, -0.05) is 23.2 Å². The van der Waals surface area contributed by atoms with Gasteiger partial charge in [-0.2, -0.15) is 0 Å². The molecule has 5 rings (SSSR count). The number of anilines is 1. The molecule has 8 nitrogen and oxygen atoms in total. The van der Waals surface area contributed by atoms with Crippen LogP contribution in [0.3, 0.4) is 0 Å². The van der Waals surface area contributed by atoms with Crippen molar-refractivity contribution < 1.29 is 22.7 Å². The van der Waals surface area contributed by atoms with Gasteiger partial charge in [0.2, 0.25) is 0 Å². The largest absolute Gasteiger partial charge is 0.486 e. The number of hydrogen-bond donors (Lipinski definition) is 0. The highest BCUT2D eigenvalue weighted by molar-refractivity contribution is 7.90. The maximum Gasteiger partial charge on any atom is 0.269 e. The molecule has 0 spiro atoms. The number of piperazine rings is 1. The minimum atomic E-state index is -3.79. The fourth-order valence-corrected chi connectivity index (χ4v) is 6.58. The molecule has 1 amide bonds. The highest BCUT2D eigenvalue weighted by Crippen LogP contribution is 2.42. The minimum Gasteiger partial charge on any atom is -0.486 e. The van der Waals surface area contributed by atoms with E-state index in [-0.39, 0.29) is 17.0 Å². The second-order valence-electron chi connectivity index (χ2n) is 8.51. The topological polar surface area (TPSA) is 79.4 Å². The van der Waals surface area contributed by atoms with Crippen molar-refractivity contribution in [2.45, 2.75) is 17.7 Å². The first-order valence-corrected chi connectivity index (χ1v) is 13.5. The first-order chi connectivity index (χ1) is 16.3. The van der Waals surface area contributed by atoms with E-state index >= 15 is 0 Å². The molecule has 1 fully saturated rings. The van der Waals surface area contributed by atoms with E-state index in [0.29, 0.717) is 35.4 Å². The smallest absolute Gasteiger partial charge is 0.269 e. The van der Waals surface area contributed by atoms with Crippen LogP contribution in [0, 0.1) is 0 Å². The van der Waals surface area contributed by atoms with E-state index in [0.717, 1.165) is 54.9 Å². The molecule has 34 heavy (non-hydrogen) atoms. The van der Waals surface area contributed by atoms with Crippen LogP contribution in [-0.2, 0) is 10.0 Å². The van der Waals surface area contributed by atoms with Crippen LogP contribution in [0.1, 0.15) is 23.2 Å². The minimum absolute atomic E-state index is 0.0376. The standard InChI is InChI=1S/C23H25Cl2N3O5S/c24-16-3-4-21-18(13-16)23(29)28(34(21,30)31)6-2-1-5-26-7-9-27(10-8-26)19-14-17(25)15-20-22(19)33-12-11-32-20/h3-4,13-15H,1-2,5-12H2. The van der Waals surface area contributed by atoms with Gasteiger partial charge in [-0.3, -0.25) is 9.69 Å². The number of carbonyl (C=O) groups excluding carboxylic acids is 1. The number of nitrogens with zero attached hydrogens (tertiary/aromatic N) is 3. The number of sulfonamides is 1. The summed E-state index contributed by atoms with van der Waals surface area (Å²) in [5.41, 5.74) is 1.11. The molecular weight excluding hydrogens is 501 g/mol. The Balaban J connectivity index is 1.12. The third-order valence-corrected chi connectivity index (χ3v) is 8.65. The van der Waals surface area contributed by atoms with Crippen molar-refractivity contribution >= 4 is 44.8 Å². The normalized spacial score (nSPS) is 19.4. The third-order valence-electron chi connectivity index (χ3n) is 6.35. The summed E-state index contributed by atoms with van der Waals surface area (Å²) in [4.78, 5) is 17.2. The average Bonchev–Trinajstić information content (AvgIpc) is 3.01. The quantitative estimate of drug-likeness (QED) is 0.533. The molecule has 0 unspecified atom stereocenters. The summed E-state index contributed by atoms with van der Waals surface area (Å²) >= 11 is 12.2. The second kappa shape index (κ2) is 9.45. The summed E-state index contributed by atoms with van der Waals surface area (Å²) in [5.74, 6) is 0.942. The Morgan fingerprint density at radius 2 is 1.62 bits per heavy atom. The molecule has 1 saturated heterocycles. The molecule has 0 atom stereocenters. The Morgan fingerprint density at radius 1 is 0.882 bits per heavy atom. The number of hydrogen-bond acceptors (Lipinski definition) is 7. The van der Waals surface area contributed by atoms with Gasteiger partial charge in [0, 0.05) is 48.8 Å². The lowest BCUT2D eigenvalue weighted by atomic mass is 10.2. The van der Waals surface area contributed by atoms with Gasteiger partial charge in [0.1, 0.15) is 18.1 Å². The van der Waals surface area contributed by atoms with Gasteiger partial charge in [-0.25, -0.2) is 12.7 Å². The molecule has 3 aliphatic rings. The van der Waals surface area contributed by atoms with Crippen molar-refractivity contribution in [3.05, 3.63) is 45.9 Å². The van der Waals surface area contributed by atoms with Crippen molar-refractivity contribution in [1.82, 2.24) is 9.21 Å². The number of rotatable bonds is 6.